The average molecular weight is 448 g/mol. The summed E-state index contributed by atoms with van der Waals surface area (Å²) in [6.45, 7) is 3.63. The van der Waals surface area contributed by atoms with E-state index in [1.807, 2.05) is 13.0 Å². The van der Waals surface area contributed by atoms with Gasteiger partial charge in [0.2, 0.25) is 0 Å². The summed E-state index contributed by atoms with van der Waals surface area (Å²) in [6.07, 6.45) is 4.42. The maximum Gasteiger partial charge on any atom is 0.151 e. The van der Waals surface area contributed by atoms with Gasteiger partial charge in [0.1, 0.15) is 10.2 Å². The predicted molar refractivity (Wildman–Crippen MR) is 117 cm³/mol. The first-order valence-corrected chi connectivity index (χ1v) is 11.6. The van der Waals surface area contributed by atoms with Gasteiger partial charge < -0.3 is 0 Å². The third kappa shape index (κ3) is 3.61. The second-order valence-electron chi connectivity index (χ2n) is 8.21. The van der Waals surface area contributed by atoms with E-state index < -0.39 is 0 Å². The van der Waals surface area contributed by atoms with Gasteiger partial charge in [-0.15, -0.1) is 21.5 Å². The van der Waals surface area contributed by atoms with Crippen LogP contribution in [0.2, 0.25) is 9.36 Å². The zero-order valence-electron chi connectivity index (χ0n) is 16.5. The first-order chi connectivity index (χ1) is 14.0. The molecule has 0 radical (unpaired) electrons. The van der Waals surface area contributed by atoms with E-state index in [4.69, 9.17) is 23.2 Å². The van der Waals surface area contributed by atoms with Crippen LogP contribution in [0.3, 0.4) is 0 Å². The summed E-state index contributed by atoms with van der Waals surface area (Å²) in [7, 11) is 2.11. The number of fused-ring (bicyclic) bond motifs is 3. The number of hydrogen-bond donors (Lipinski definition) is 0. The molecule has 3 heterocycles. The molecule has 0 saturated heterocycles. The molecule has 0 atom stereocenters. The van der Waals surface area contributed by atoms with Crippen LogP contribution in [0, 0.1) is 6.92 Å². The summed E-state index contributed by atoms with van der Waals surface area (Å²) in [4.78, 5) is 6.95. The fourth-order valence-electron chi connectivity index (χ4n) is 4.62. The van der Waals surface area contributed by atoms with E-state index in [1.54, 1.807) is 11.3 Å². The molecule has 3 aromatic rings. The number of halogens is 2. The lowest BCUT2D eigenvalue weighted by Crippen LogP contribution is -2.17. The molecule has 8 heteroatoms. The van der Waals surface area contributed by atoms with Gasteiger partial charge in [-0.05, 0) is 63.4 Å². The Morgan fingerprint density at radius 3 is 2.52 bits per heavy atom. The van der Waals surface area contributed by atoms with Crippen molar-refractivity contribution in [1.29, 1.82) is 0 Å². The van der Waals surface area contributed by atoms with E-state index in [9.17, 15) is 0 Å². The highest BCUT2D eigenvalue weighted by atomic mass is 35.5. The summed E-state index contributed by atoms with van der Waals surface area (Å²) < 4.78 is 3.11. The lowest BCUT2D eigenvalue weighted by atomic mass is 9.82. The molecular weight excluding hydrogens is 425 g/mol. The lowest BCUT2D eigenvalue weighted by Gasteiger charge is -2.27. The third-order valence-corrected chi connectivity index (χ3v) is 7.94. The zero-order chi connectivity index (χ0) is 20.1. The van der Waals surface area contributed by atoms with E-state index in [0.717, 1.165) is 65.5 Å². The number of aromatic nitrogens is 4. The van der Waals surface area contributed by atoms with Gasteiger partial charge in [0.05, 0.1) is 22.9 Å². The summed E-state index contributed by atoms with van der Waals surface area (Å²) in [5.41, 5.74) is 3.34. The predicted octanol–water partition coefficient (Wildman–Crippen LogP) is 5.73. The van der Waals surface area contributed by atoms with Gasteiger partial charge in [-0.1, -0.05) is 23.2 Å². The van der Waals surface area contributed by atoms with E-state index in [0.29, 0.717) is 11.8 Å². The maximum atomic E-state index is 6.28. The Morgan fingerprint density at radius 2 is 1.79 bits per heavy atom. The zero-order valence-corrected chi connectivity index (χ0v) is 18.9. The molecule has 0 amide bonds. The second kappa shape index (κ2) is 7.65. The first kappa shape index (κ1) is 19.5. The normalized spacial score (nSPS) is 22.2. The number of aryl methyl sites for hydroxylation is 1. The standard InChI is InChI=1S/C21H23Cl2N5S/c1-12-19(23)29-21(24-12)14-5-3-13(4-6-14)20-26-25-18-11-27(2)10-15-9-16(22)7-8-17(15)28(18)20/h7-9,13-14H,3-6,10-11H2,1-2H3. The van der Waals surface area contributed by atoms with Crippen molar-refractivity contribution in [3.05, 3.63) is 55.5 Å². The van der Waals surface area contributed by atoms with Crippen LogP contribution in [-0.2, 0) is 13.1 Å². The van der Waals surface area contributed by atoms with Gasteiger partial charge in [-0.3, -0.25) is 9.47 Å². The van der Waals surface area contributed by atoms with Gasteiger partial charge in [0.25, 0.3) is 0 Å². The van der Waals surface area contributed by atoms with E-state index in [-0.39, 0.29) is 0 Å². The SMILES string of the molecule is Cc1nc(C2CCC(c3nnc4n3-c3ccc(Cl)cc3CN(C)C4)CC2)sc1Cl. The second-order valence-corrected chi connectivity index (χ2v) is 10.3. The molecule has 1 fully saturated rings. The van der Waals surface area contributed by atoms with Crippen molar-refractivity contribution >= 4 is 34.5 Å². The molecule has 5 nitrogen and oxygen atoms in total. The van der Waals surface area contributed by atoms with Crippen LogP contribution in [0.1, 0.15) is 65.4 Å². The molecule has 1 aliphatic carbocycles. The summed E-state index contributed by atoms with van der Waals surface area (Å²) >= 11 is 14.2. The highest BCUT2D eigenvalue weighted by Crippen LogP contribution is 2.43. The number of thiazole rings is 1. The smallest absolute Gasteiger partial charge is 0.151 e. The molecule has 2 aromatic heterocycles. The Hall–Kier alpha value is -1.47. The van der Waals surface area contributed by atoms with Crippen molar-refractivity contribution in [3.8, 4) is 5.69 Å². The van der Waals surface area contributed by atoms with E-state index in [1.165, 1.54) is 16.3 Å². The third-order valence-electron chi connectivity index (χ3n) is 6.09. The van der Waals surface area contributed by atoms with Gasteiger partial charge in [0, 0.05) is 23.4 Å². The Bertz CT molecular complexity index is 1030. The van der Waals surface area contributed by atoms with Crippen LogP contribution in [0.15, 0.2) is 18.2 Å². The Balaban J connectivity index is 1.44. The van der Waals surface area contributed by atoms with Crippen LogP contribution in [0.4, 0.5) is 0 Å². The van der Waals surface area contributed by atoms with Crippen LogP contribution < -0.4 is 0 Å². The van der Waals surface area contributed by atoms with Gasteiger partial charge in [-0.2, -0.15) is 0 Å². The molecular formula is C21H23Cl2N5S. The highest BCUT2D eigenvalue weighted by Gasteiger charge is 2.31. The van der Waals surface area contributed by atoms with Crippen molar-refractivity contribution in [3.63, 3.8) is 0 Å². The molecule has 2 aliphatic rings. The van der Waals surface area contributed by atoms with Crippen molar-refractivity contribution < 1.29 is 0 Å². The monoisotopic (exact) mass is 447 g/mol. The topological polar surface area (TPSA) is 46.8 Å². The molecule has 1 aromatic carbocycles. The number of hydrogen-bond acceptors (Lipinski definition) is 5. The average Bonchev–Trinajstić information content (AvgIpc) is 3.21. The number of benzene rings is 1. The first-order valence-electron chi connectivity index (χ1n) is 10.0. The summed E-state index contributed by atoms with van der Waals surface area (Å²) in [5, 5.41) is 11.2. The quantitative estimate of drug-likeness (QED) is 0.503. The fraction of sp³-hybridized carbons (Fsp3) is 0.476. The Labute approximate surface area is 184 Å². The molecule has 152 valence electrons. The van der Waals surface area contributed by atoms with Crippen LogP contribution in [0.5, 0.6) is 0 Å². The minimum absolute atomic E-state index is 0.413. The molecule has 0 spiro atoms. The van der Waals surface area contributed by atoms with Crippen molar-refractivity contribution in [1.82, 2.24) is 24.6 Å². The van der Waals surface area contributed by atoms with Gasteiger partial charge >= 0.3 is 0 Å². The van der Waals surface area contributed by atoms with Gasteiger partial charge in [0.15, 0.2) is 5.82 Å². The number of rotatable bonds is 2. The van der Waals surface area contributed by atoms with Crippen molar-refractivity contribution in [2.24, 2.45) is 0 Å². The molecule has 1 aliphatic heterocycles. The largest absolute Gasteiger partial charge is 0.295 e. The van der Waals surface area contributed by atoms with Crippen LogP contribution in [0.25, 0.3) is 5.69 Å². The maximum absolute atomic E-state index is 6.28. The summed E-state index contributed by atoms with van der Waals surface area (Å²) in [5.74, 6) is 3.01. The number of nitrogens with zero attached hydrogens (tertiary/aromatic N) is 5. The molecule has 0 bridgehead atoms. The molecule has 1 saturated carbocycles. The lowest BCUT2D eigenvalue weighted by molar-refractivity contribution is 0.315. The van der Waals surface area contributed by atoms with Crippen LogP contribution >= 0.6 is 34.5 Å². The Morgan fingerprint density at radius 1 is 1.03 bits per heavy atom. The summed E-state index contributed by atoms with van der Waals surface area (Å²) in [6, 6.07) is 6.14. The van der Waals surface area contributed by atoms with Crippen LogP contribution in [-0.4, -0.2) is 31.7 Å². The minimum Gasteiger partial charge on any atom is -0.295 e. The van der Waals surface area contributed by atoms with Crippen molar-refractivity contribution in [2.45, 2.75) is 57.5 Å². The van der Waals surface area contributed by atoms with E-state index >= 15 is 0 Å². The molecule has 0 unspecified atom stereocenters. The molecule has 5 rings (SSSR count). The van der Waals surface area contributed by atoms with Gasteiger partial charge in [-0.25, -0.2) is 4.98 Å². The molecule has 29 heavy (non-hydrogen) atoms. The molecule has 0 N–H and O–H groups in total. The highest BCUT2D eigenvalue weighted by molar-refractivity contribution is 7.16. The van der Waals surface area contributed by atoms with E-state index in [2.05, 4.69) is 43.8 Å². The Kier molecular flexibility index (Phi) is 5.14. The van der Waals surface area contributed by atoms with Crippen molar-refractivity contribution in [2.75, 3.05) is 7.05 Å². The fourth-order valence-corrected chi connectivity index (χ4v) is 6.05. The minimum atomic E-state index is 0.413.